The highest BCUT2D eigenvalue weighted by Crippen LogP contribution is 2.37. The Morgan fingerprint density at radius 1 is 1.20 bits per heavy atom. The third-order valence-corrected chi connectivity index (χ3v) is 5.94. The molecule has 3 aliphatic heterocycles. The van der Waals surface area contributed by atoms with E-state index < -0.39 is 10.8 Å². The lowest BCUT2D eigenvalue weighted by Crippen LogP contribution is -2.49. The number of carbonyl (C=O) groups is 2. The summed E-state index contributed by atoms with van der Waals surface area (Å²) in [5, 5.41) is 22.6. The first-order valence-corrected chi connectivity index (χ1v) is 9.66. The fourth-order valence-corrected chi connectivity index (χ4v) is 4.64. The molecule has 1 fully saturated rings. The summed E-state index contributed by atoms with van der Waals surface area (Å²) in [5.74, 6) is 0.138. The number of likely N-dealkylation sites (tertiary alicyclic amines) is 1. The van der Waals surface area contributed by atoms with E-state index in [0.29, 0.717) is 36.6 Å². The van der Waals surface area contributed by atoms with Gasteiger partial charge in [0.15, 0.2) is 6.61 Å². The van der Waals surface area contributed by atoms with Gasteiger partial charge in [-0.05, 0) is 42.7 Å². The predicted octanol–water partition coefficient (Wildman–Crippen LogP) is 1.13. The van der Waals surface area contributed by atoms with E-state index in [2.05, 4.69) is 5.32 Å². The largest absolute Gasteiger partial charge is 0.733 e. The van der Waals surface area contributed by atoms with E-state index in [4.69, 9.17) is 9.94 Å². The van der Waals surface area contributed by atoms with Crippen LogP contribution in [0.3, 0.4) is 0 Å². The van der Waals surface area contributed by atoms with Gasteiger partial charge in [-0.1, -0.05) is 0 Å². The van der Waals surface area contributed by atoms with Crippen LogP contribution in [0.2, 0.25) is 0 Å². The molecule has 1 aromatic heterocycles. The Labute approximate surface area is 170 Å². The molecule has 0 saturated carbocycles. The maximum Gasteiger partial charge on any atom is 0.275 e. The highest BCUT2D eigenvalue weighted by molar-refractivity contribution is 6.00. The van der Waals surface area contributed by atoms with Gasteiger partial charge in [-0.3, -0.25) is 19.6 Å². The second-order valence-corrected chi connectivity index (χ2v) is 7.89. The van der Waals surface area contributed by atoms with Crippen molar-refractivity contribution in [3.05, 3.63) is 57.2 Å². The molecule has 0 spiro atoms. The number of anilines is 2. The zero-order valence-corrected chi connectivity index (χ0v) is 15.9. The Morgan fingerprint density at radius 3 is 2.83 bits per heavy atom. The van der Waals surface area contributed by atoms with Crippen molar-refractivity contribution in [2.45, 2.75) is 18.9 Å². The van der Waals surface area contributed by atoms with Crippen molar-refractivity contribution in [2.75, 3.05) is 30.2 Å². The first-order valence-electron chi connectivity index (χ1n) is 9.66. The number of nitrogens with one attached hydrogen (secondary N) is 1. The van der Waals surface area contributed by atoms with E-state index in [9.17, 15) is 19.6 Å². The Balaban J connectivity index is 1.41. The molecule has 4 heterocycles. The van der Waals surface area contributed by atoms with Gasteiger partial charge < -0.3 is 30.0 Å². The van der Waals surface area contributed by atoms with E-state index in [1.165, 1.54) is 10.6 Å². The molecule has 10 nitrogen and oxygen atoms in total. The van der Waals surface area contributed by atoms with Gasteiger partial charge in [-0.15, -0.1) is 0 Å². The molecule has 5 rings (SSSR count). The molecule has 0 aliphatic carbocycles. The average molecular weight is 411 g/mol. The number of hydrogen-bond donors (Lipinski definition) is 2. The highest BCUT2D eigenvalue weighted by Gasteiger charge is 2.37. The van der Waals surface area contributed by atoms with Crippen LogP contribution in [-0.2, 0) is 11.3 Å². The normalized spacial score (nSPS) is 21.8. The zero-order valence-electron chi connectivity index (χ0n) is 15.9. The molecule has 10 heteroatoms. The summed E-state index contributed by atoms with van der Waals surface area (Å²) in [6, 6.07) is 7.95. The van der Waals surface area contributed by atoms with Crippen molar-refractivity contribution in [3.63, 3.8) is 0 Å². The van der Waals surface area contributed by atoms with Gasteiger partial charge in [0, 0.05) is 36.8 Å². The number of piperidine rings is 1. The van der Waals surface area contributed by atoms with Crippen LogP contribution in [0.25, 0.3) is 0 Å². The number of carbonyl (C=O) groups excluding carboxylic acids is 2. The van der Waals surface area contributed by atoms with Crippen LogP contribution in [0.1, 0.15) is 28.4 Å². The molecule has 156 valence electrons. The topological polar surface area (TPSA) is 127 Å². The van der Waals surface area contributed by atoms with Crippen molar-refractivity contribution in [3.8, 4) is 5.75 Å². The van der Waals surface area contributed by atoms with Crippen molar-refractivity contribution in [1.82, 2.24) is 9.47 Å². The lowest BCUT2D eigenvalue weighted by molar-refractivity contribution is -0.118. The summed E-state index contributed by atoms with van der Waals surface area (Å²) in [4.78, 5) is 39.0. The monoisotopic (exact) mass is 411 g/mol. The van der Waals surface area contributed by atoms with Gasteiger partial charge in [0.25, 0.3) is 17.4 Å². The van der Waals surface area contributed by atoms with E-state index in [-0.39, 0.29) is 35.9 Å². The van der Waals surface area contributed by atoms with Crippen LogP contribution in [0, 0.1) is 11.1 Å². The lowest BCUT2D eigenvalue weighted by Gasteiger charge is -2.43. The third kappa shape index (κ3) is 3.01. The van der Waals surface area contributed by atoms with Crippen LogP contribution in [0.15, 0.2) is 35.1 Å². The first-order chi connectivity index (χ1) is 14.4. The summed E-state index contributed by atoms with van der Waals surface area (Å²) in [7, 11) is 0. The van der Waals surface area contributed by atoms with Crippen LogP contribution in [0.4, 0.5) is 11.4 Å². The van der Waals surface area contributed by atoms with E-state index >= 15 is 0 Å². The molecule has 1 aromatic carbocycles. The van der Waals surface area contributed by atoms with Gasteiger partial charge in [-0.2, -0.15) is 0 Å². The minimum Gasteiger partial charge on any atom is -0.733 e. The molecule has 2 N–H and O–H groups in total. The first kappa shape index (κ1) is 18.6. The Kier molecular flexibility index (Phi) is 4.26. The van der Waals surface area contributed by atoms with Crippen molar-refractivity contribution >= 4 is 23.2 Å². The quantitative estimate of drug-likeness (QED) is 0.709. The fraction of sp³-hybridized carbons (Fsp3) is 0.350. The molecule has 2 bridgehead atoms. The predicted molar refractivity (Wildman–Crippen MR) is 106 cm³/mol. The number of nitrogens with zero attached hydrogens (tertiary/aromatic N) is 3. The number of rotatable bonds is 2. The highest BCUT2D eigenvalue weighted by atomic mass is 16.8. The van der Waals surface area contributed by atoms with Gasteiger partial charge in [-0.25, -0.2) is 0 Å². The minimum absolute atomic E-state index is 0.0392. The summed E-state index contributed by atoms with van der Waals surface area (Å²) in [6.45, 7) is 1.25. The standard InChI is InChI=1S/C20H19N4O6/c25-18-10-30-17-4-1-12(6-14(17)21-18)19(26)22-7-11-5-13(9-22)15-2-3-16(24(28)29)20(27)23(15)8-11/h1-4,6,11,13,28H,5,7-10H2,(H,21,25)/q-1/t11-,13-/m0/s1. The second kappa shape index (κ2) is 6.85. The van der Waals surface area contributed by atoms with Crippen LogP contribution in [-0.4, -0.2) is 46.2 Å². The number of pyridine rings is 1. The SMILES string of the molecule is O=C1COc2ccc(C(=O)N3C[C@@H]4C[C@@H](C3)c3ccc(N([O-])O)c(=O)n3C4)cc2N1. The summed E-state index contributed by atoms with van der Waals surface area (Å²) < 4.78 is 6.87. The second-order valence-electron chi connectivity index (χ2n) is 7.89. The van der Waals surface area contributed by atoms with Crippen LogP contribution >= 0.6 is 0 Å². The molecular weight excluding hydrogens is 392 g/mol. The Morgan fingerprint density at radius 2 is 2.03 bits per heavy atom. The fourth-order valence-electron chi connectivity index (χ4n) is 4.64. The molecule has 2 aromatic rings. The maximum atomic E-state index is 13.1. The van der Waals surface area contributed by atoms with Crippen LogP contribution in [0.5, 0.6) is 5.75 Å². The van der Waals surface area contributed by atoms with Crippen LogP contribution < -0.4 is 20.8 Å². The Bertz CT molecular complexity index is 1110. The number of aromatic nitrogens is 1. The summed E-state index contributed by atoms with van der Waals surface area (Å²) in [5.41, 5.74) is 0.847. The smallest absolute Gasteiger partial charge is 0.275 e. The molecule has 0 radical (unpaired) electrons. The van der Waals surface area contributed by atoms with Gasteiger partial charge in [0.2, 0.25) is 0 Å². The number of amides is 2. The summed E-state index contributed by atoms with van der Waals surface area (Å²) >= 11 is 0. The number of fused-ring (bicyclic) bond motifs is 5. The van der Waals surface area contributed by atoms with Crippen molar-refractivity contribution in [2.24, 2.45) is 5.92 Å². The average Bonchev–Trinajstić information content (AvgIpc) is 2.73. The molecule has 30 heavy (non-hydrogen) atoms. The number of ether oxygens (including phenoxy) is 1. The van der Waals surface area contributed by atoms with Crippen molar-refractivity contribution < 1.29 is 19.5 Å². The molecular formula is C20H19N4O6-. The van der Waals surface area contributed by atoms with Gasteiger partial charge in [0.05, 0.1) is 5.69 Å². The molecule has 0 unspecified atom stereocenters. The summed E-state index contributed by atoms with van der Waals surface area (Å²) in [6.07, 6.45) is 0.844. The molecule has 3 aliphatic rings. The van der Waals surface area contributed by atoms with E-state index in [0.717, 1.165) is 12.1 Å². The van der Waals surface area contributed by atoms with E-state index in [1.54, 1.807) is 29.2 Å². The third-order valence-electron chi connectivity index (χ3n) is 5.94. The zero-order chi connectivity index (χ0) is 21.0. The van der Waals surface area contributed by atoms with Gasteiger partial charge >= 0.3 is 0 Å². The molecule has 2 amide bonds. The molecule has 2 atom stereocenters. The molecule has 1 saturated heterocycles. The lowest BCUT2D eigenvalue weighted by atomic mass is 9.83. The van der Waals surface area contributed by atoms with Crippen molar-refractivity contribution in [1.29, 1.82) is 0 Å². The van der Waals surface area contributed by atoms with Gasteiger partial charge in [0.1, 0.15) is 11.4 Å². The minimum atomic E-state index is -0.523. The number of hydrogen-bond acceptors (Lipinski definition) is 7. The number of benzene rings is 1. The maximum absolute atomic E-state index is 13.1. The van der Waals surface area contributed by atoms with E-state index in [1.807, 2.05) is 0 Å². The Hall–Kier alpha value is -3.37.